The second kappa shape index (κ2) is 6.08. The fourth-order valence-electron chi connectivity index (χ4n) is 2.69. The molecule has 0 amide bonds. The largest absolute Gasteiger partial charge is 0.389 e. The molecule has 0 aromatic carbocycles. The second-order valence-corrected chi connectivity index (χ2v) is 6.28. The second-order valence-electron chi connectivity index (χ2n) is 6.28. The highest BCUT2D eigenvalue weighted by atomic mass is 16.3. The first kappa shape index (κ1) is 15.2. The Morgan fingerprint density at radius 2 is 2.00 bits per heavy atom. The van der Waals surface area contributed by atoms with Crippen LogP contribution in [0.25, 0.3) is 0 Å². The molecule has 0 radical (unpaired) electrons. The summed E-state index contributed by atoms with van der Waals surface area (Å²) in [6, 6.07) is 3.98. The summed E-state index contributed by atoms with van der Waals surface area (Å²) >= 11 is 0. The van der Waals surface area contributed by atoms with Crippen molar-refractivity contribution in [1.82, 2.24) is 9.88 Å². The Morgan fingerprint density at radius 1 is 1.35 bits per heavy atom. The van der Waals surface area contributed by atoms with Crippen LogP contribution in [0.2, 0.25) is 0 Å². The number of aromatic nitrogens is 1. The maximum Gasteiger partial charge on any atom is 0.133 e. The van der Waals surface area contributed by atoms with Gasteiger partial charge in [0.25, 0.3) is 0 Å². The smallest absolute Gasteiger partial charge is 0.133 e. The molecule has 1 fully saturated rings. The summed E-state index contributed by atoms with van der Waals surface area (Å²) in [6.45, 7) is 10.1. The molecule has 0 unspecified atom stereocenters. The zero-order valence-corrected chi connectivity index (χ0v) is 12.7. The zero-order chi connectivity index (χ0) is 14.8. The average Bonchev–Trinajstić information content (AvgIpc) is 2.38. The minimum atomic E-state index is -0.635. The van der Waals surface area contributed by atoms with E-state index in [-0.39, 0.29) is 6.04 Å². The van der Waals surface area contributed by atoms with Crippen molar-refractivity contribution in [3.05, 3.63) is 23.9 Å². The van der Waals surface area contributed by atoms with Gasteiger partial charge in [-0.2, -0.15) is 0 Å². The van der Waals surface area contributed by atoms with E-state index < -0.39 is 5.60 Å². The van der Waals surface area contributed by atoms with E-state index in [1.807, 2.05) is 33.0 Å². The van der Waals surface area contributed by atoms with E-state index >= 15 is 0 Å². The number of β-amino-alcohol motifs (C(OH)–C–C–N with tert-alkyl or cyclic N) is 1. The van der Waals surface area contributed by atoms with Crippen molar-refractivity contribution in [3.63, 3.8) is 0 Å². The van der Waals surface area contributed by atoms with Crippen molar-refractivity contribution >= 4 is 5.82 Å². The Kier molecular flexibility index (Phi) is 4.62. The Morgan fingerprint density at radius 3 is 2.55 bits per heavy atom. The van der Waals surface area contributed by atoms with Gasteiger partial charge in [-0.15, -0.1) is 0 Å². The molecule has 112 valence electrons. The van der Waals surface area contributed by atoms with E-state index in [1.54, 1.807) is 0 Å². The molecule has 0 aliphatic carbocycles. The molecule has 0 saturated carbocycles. The number of hydrogen-bond donors (Lipinski definition) is 2. The molecule has 0 bridgehead atoms. The summed E-state index contributed by atoms with van der Waals surface area (Å²) < 4.78 is 0. The predicted octanol–water partition coefficient (Wildman–Crippen LogP) is 0.994. The fraction of sp³-hybridized carbons (Fsp3) is 0.667. The Bertz CT molecular complexity index is 434. The molecule has 1 aromatic rings. The lowest BCUT2D eigenvalue weighted by Gasteiger charge is -2.38. The van der Waals surface area contributed by atoms with Crippen LogP contribution in [-0.2, 0) is 0 Å². The number of piperazine rings is 1. The van der Waals surface area contributed by atoms with E-state index in [0.717, 1.165) is 37.6 Å². The summed E-state index contributed by atoms with van der Waals surface area (Å²) in [7, 11) is 0. The molecule has 5 nitrogen and oxygen atoms in total. The van der Waals surface area contributed by atoms with E-state index in [1.165, 1.54) is 0 Å². The topological polar surface area (TPSA) is 65.6 Å². The summed E-state index contributed by atoms with van der Waals surface area (Å²) in [4.78, 5) is 9.09. The molecule has 1 atom stereocenters. The Hall–Kier alpha value is -1.17. The van der Waals surface area contributed by atoms with Gasteiger partial charge in [0.15, 0.2) is 0 Å². The lowest BCUT2D eigenvalue weighted by Crippen LogP contribution is -2.51. The number of hydrogen-bond acceptors (Lipinski definition) is 5. The van der Waals surface area contributed by atoms with Gasteiger partial charge in [0, 0.05) is 50.5 Å². The number of nitrogens with zero attached hydrogens (tertiary/aromatic N) is 3. The molecule has 3 N–H and O–H groups in total. The first-order chi connectivity index (χ1) is 9.37. The van der Waals surface area contributed by atoms with Crippen molar-refractivity contribution in [1.29, 1.82) is 0 Å². The van der Waals surface area contributed by atoms with Gasteiger partial charge in [-0.05, 0) is 26.8 Å². The molecule has 2 heterocycles. The van der Waals surface area contributed by atoms with Crippen LogP contribution in [0.4, 0.5) is 5.82 Å². The normalized spacial score (nSPS) is 19.1. The monoisotopic (exact) mass is 278 g/mol. The van der Waals surface area contributed by atoms with Gasteiger partial charge >= 0.3 is 0 Å². The maximum absolute atomic E-state index is 9.89. The number of rotatable bonds is 4. The van der Waals surface area contributed by atoms with Crippen LogP contribution >= 0.6 is 0 Å². The summed E-state index contributed by atoms with van der Waals surface area (Å²) in [5, 5.41) is 9.89. The van der Waals surface area contributed by atoms with E-state index in [9.17, 15) is 5.11 Å². The molecule has 5 heteroatoms. The minimum absolute atomic E-state index is 0.00638. The Labute approximate surface area is 121 Å². The van der Waals surface area contributed by atoms with Crippen molar-refractivity contribution in [2.24, 2.45) is 5.73 Å². The van der Waals surface area contributed by atoms with Crippen molar-refractivity contribution in [2.75, 3.05) is 37.6 Å². The van der Waals surface area contributed by atoms with Crippen molar-refractivity contribution in [2.45, 2.75) is 32.4 Å². The van der Waals surface area contributed by atoms with E-state index in [4.69, 9.17) is 5.73 Å². The van der Waals surface area contributed by atoms with Crippen LogP contribution < -0.4 is 10.6 Å². The number of pyridine rings is 1. The first-order valence-electron chi connectivity index (χ1n) is 7.27. The summed E-state index contributed by atoms with van der Waals surface area (Å²) in [5.41, 5.74) is 6.49. The molecular formula is C15H26N4O. The lowest BCUT2D eigenvalue weighted by molar-refractivity contribution is 0.0344. The van der Waals surface area contributed by atoms with Crippen molar-refractivity contribution in [3.8, 4) is 0 Å². The highest BCUT2D eigenvalue weighted by molar-refractivity contribution is 5.48. The number of anilines is 1. The highest BCUT2D eigenvalue weighted by Crippen LogP contribution is 2.23. The number of nitrogens with two attached hydrogens (primary N) is 1. The van der Waals surface area contributed by atoms with Gasteiger partial charge in [-0.25, -0.2) is 4.98 Å². The molecule has 1 aliphatic heterocycles. The Balaban J connectivity index is 2.01. The van der Waals surface area contributed by atoms with Crippen LogP contribution in [0.15, 0.2) is 18.3 Å². The van der Waals surface area contributed by atoms with Gasteiger partial charge < -0.3 is 15.7 Å². The maximum atomic E-state index is 9.89. The fourth-order valence-corrected chi connectivity index (χ4v) is 2.69. The summed E-state index contributed by atoms with van der Waals surface area (Å²) in [5.74, 6) is 1.01. The molecule has 1 aromatic heterocycles. The van der Waals surface area contributed by atoms with E-state index in [2.05, 4.69) is 20.9 Å². The zero-order valence-electron chi connectivity index (χ0n) is 12.7. The first-order valence-corrected chi connectivity index (χ1v) is 7.27. The summed E-state index contributed by atoms with van der Waals surface area (Å²) in [6.07, 6.45) is 1.82. The van der Waals surface area contributed by atoms with Gasteiger partial charge in [-0.1, -0.05) is 6.07 Å². The molecule has 20 heavy (non-hydrogen) atoms. The predicted molar refractivity (Wildman–Crippen MR) is 81.8 cm³/mol. The third-order valence-corrected chi connectivity index (χ3v) is 3.59. The van der Waals surface area contributed by atoms with Crippen molar-refractivity contribution < 1.29 is 5.11 Å². The number of aliphatic hydroxyl groups is 1. The van der Waals surface area contributed by atoms with E-state index in [0.29, 0.717) is 6.54 Å². The quantitative estimate of drug-likeness (QED) is 0.860. The highest BCUT2D eigenvalue weighted by Gasteiger charge is 2.24. The molecule has 2 rings (SSSR count). The molecule has 1 aliphatic rings. The molecule has 1 saturated heterocycles. The van der Waals surface area contributed by atoms with Crippen LogP contribution in [-0.4, -0.2) is 53.3 Å². The standard InChI is InChI=1S/C15H26N4O/c1-12(16)13-5-4-6-17-14(13)19-9-7-18(8-10-19)11-15(2,3)20/h4-6,12,20H,7-11,16H2,1-3H3/t12-/m1/s1. The SMILES string of the molecule is C[C@@H](N)c1cccnc1N1CCN(CC(C)(C)O)CC1. The molecular weight excluding hydrogens is 252 g/mol. The van der Waals surface area contributed by atoms with Crippen LogP contribution in [0.1, 0.15) is 32.4 Å². The van der Waals surface area contributed by atoms with Gasteiger partial charge in [0.2, 0.25) is 0 Å². The van der Waals surface area contributed by atoms with Crippen LogP contribution in [0.3, 0.4) is 0 Å². The van der Waals surface area contributed by atoms with Crippen LogP contribution in [0.5, 0.6) is 0 Å². The van der Waals surface area contributed by atoms with Gasteiger partial charge in [-0.3, -0.25) is 4.90 Å². The van der Waals surface area contributed by atoms with Gasteiger partial charge in [0.1, 0.15) is 5.82 Å². The third-order valence-electron chi connectivity index (χ3n) is 3.59. The van der Waals surface area contributed by atoms with Gasteiger partial charge in [0.05, 0.1) is 5.60 Å². The minimum Gasteiger partial charge on any atom is -0.389 e. The average molecular weight is 278 g/mol. The molecule has 0 spiro atoms. The lowest BCUT2D eigenvalue weighted by atomic mass is 10.1. The van der Waals surface area contributed by atoms with Crippen LogP contribution in [0, 0.1) is 0 Å². The third kappa shape index (κ3) is 3.91.